The van der Waals surface area contributed by atoms with Crippen molar-refractivity contribution in [1.29, 1.82) is 0 Å². The van der Waals surface area contributed by atoms with Gasteiger partial charge in [-0.1, -0.05) is 46.3 Å². The molecule has 2 heteroatoms. The predicted molar refractivity (Wildman–Crippen MR) is 75.0 cm³/mol. The van der Waals surface area contributed by atoms with Crippen molar-refractivity contribution in [2.45, 2.75) is 19.3 Å². The van der Waals surface area contributed by atoms with Crippen LogP contribution >= 0.6 is 27.7 Å². The number of thioether (sulfide) groups is 1. The number of alkyl halides is 1. The second-order valence-electron chi connectivity index (χ2n) is 3.85. The zero-order valence-electron chi connectivity index (χ0n) is 9.29. The monoisotopic (exact) mass is 286 g/mol. The fraction of sp³-hybridized carbons (Fsp3) is 0.538. The fourth-order valence-corrected chi connectivity index (χ4v) is 2.71. The Kier molecular flexibility index (Phi) is 7.20. The van der Waals surface area contributed by atoms with Crippen LogP contribution in [0.5, 0.6) is 0 Å². The molecule has 0 radical (unpaired) electrons. The molecule has 0 nitrogen and oxygen atoms in total. The molecule has 0 aromatic heterocycles. The van der Waals surface area contributed by atoms with Gasteiger partial charge in [-0.05, 0) is 42.8 Å². The van der Waals surface area contributed by atoms with Crippen molar-refractivity contribution in [2.24, 2.45) is 5.92 Å². The minimum absolute atomic E-state index is 0.791. The molecule has 1 unspecified atom stereocenters. The summed E-state index contributed by atoms with van der Waals surface area (Å²) in [6.45, 7) is 0. The summed E-state index contributed by atoms with van der Waals surface area (Å²) in [6.07, 6.45) is 6.06. The molecule has 84 valence electrons. The standard InChI is InChI=1S/C13H19BrS/c1-15-9-5-8-13(11-14)10-12-6-3-2-4-7-12/h2-4,6-7,13H,5,8-11H2,1H3. The largest absolute Gasteiger partial charge is 0.165 e. The molecule has 1 aromatic rings. The summed E-state index contributed by atoms with van der Waals surface area (Å²) in [5.41, 5.74) is 1.46. The highest BCUT2D eigenvalue weighted by atomic mass is 79.9. The Morgan fingerprint density at radius 2 is 2.00 bits per heavy atom. The first-order chi connectivity index (χ1) is 7.36. The van der Waals surface area contributed by atoms with E-state index >= 15 is 0 Å². The highest BCUT2D eigenvalue weighted by molar-refractivity contribution is 9.09. The molecule has 0 spiro atoms. The molecule has 0 N–H and O–H groups in total. The summed E-state index contributed by atoms with van der Waals surface area (Å²) in [4.78, 5) is 0. The Morgan fingerprint density at radius 1 is 1.27 bits per heavy atom. The van der Waals surface area contributed by atoms with Crippen LogP contribution in [0, 0.1) is 5.92 Å². The summed E-state index contributed by atoms with van der Waals surface area (Å²) in [5, 5.41) is 1.12. The summed E-state index contributed by atoms with van der Waals surface area (Å²) >= 11 is 5.56. The molecule has 0 aliphatic heterocycles. The molecular weight excluding hydrogens is 268 g/mol. The first-order valence-electron chi connectivity index (χ1n) is 5.45. The fourth-order valence-electron chi connectivity index (χ4n) is 1.70. The average Bonchev–Trinajstić information content (AvgIpc) is 2.29. The maximum Gasteiger partial charge on any atom is 0.00628 e. The van der Waals surface area contributed by atoms with Gasteiger partial charge in [-0.15, -0.1) is 0 Å². The molecule has 0 aliphatic carbocycles. The first-order valence-corrected chi connectivity index (χ1v) is 7.97. The molecule has 1 aromatic carbocycles. The maximum absolute atomic E-state index is 3.62. The normalized spacial score (nSPS) is 12.7. The van der Waals surface area contributed by atoms with Gasteiger partial charge >= 0.3 is 0 Å². The average molecular weight is 287 g/mol. The third kappa shape index (κ3) is 5.62. The highest BCUT2D eigenvalue weighted by Crippen LogP contribution is 2.17. The lowest BCUT2D eigenvalue weighted by atomic mass is 9.97. The van der Waals surface area contributed by atoms with Crippen LogP contribution in [-0.2, 0) is 6.42 Å². The van der Waals surface area contributed by atoms with E-state index in [1.165, 1.54) is 30.6 Å². The molecule has 1 rings (SSSR count). The molecule has 0 fully saturated rings. The van der Waals surface area contributed by atoms with Crippen molar-refractivity contribution in [3.8, 4) is 0 Å². The summed E-state index contributed by atoms with van der Waals surface area (Å²) < 4.78 is 0. The van der Waals surface area contributed by atoms with Gasteiger partial charge in [0.15, 0.2) is 0 Å². The molecule has 1 atom stereocenters. The van der Waals surface area contributed by atoms with Gasteiger partial charge in [0, 0.05) is 5.33 Å². The SMILES string of the molecule is CSCCCC(CBr)Cc1ccccc1. The number of hydrogen-bond acceptors (Lipinski definition) is 1. The lowest BCUT2D eigenvalue weighted by Crippen LogP contribution is -2.06. The molecular formula is C13H19BrS. The van der Waals surface area contributed by atoms with Gasteiger partial charge in [-0.25, -0.2) is 0 Å². The van der Waals surface area contributed by atoms with E-state index in [1.807, 2.05) is 11.8 Å². The third-order valence-corrected chi connectivity index (χ3v) is 4.16. The second kappa shape index (κ2) is 8.23. The predicted octanol–water partition coefficient (Wildman–Crippen LogP) is 4.38. The zero-order valence-corrected chi connectivity index (χ0v) is 11.7. The van der Waals surface area contributed by atoms with Gasteiger partial charge in [0.1, 0.15) is 0 Å². The zero-order chi connectivity index (χ0) is 10.9. The Morgan fingerprint density at radius 3 is 2.60 bits per heavy atom. The molecule has 0 heterocycles. The van der Waals surface area contributed by atoms with Crippen molar-refractivity contribution < 1.29 is 0 Å². The van der Waals surface area contributed by atoms with Crippen LogP contribution in [0.3, 0.4) is 0 Å². The van der Waals surface area contributed by atoms with Gasteiger partial charge in [0.25, 0.3) is 0 Å². The number of hydrogen-bond donors (Lipinski definition) is 0. The lowest BCUT2D eigenvalue weighted by Gasteiger charge is -2.13. The van der Waals surface area contributed by atoms with Crippen LogP contribution in [0.15, 0.2) is 30.3 Å². The van der Waals surface area contributed by atoms with E-state index in [4.69, 9.17) is 0 Å². The van der Waals surface area contributed by atoms with E-state index < -0.39 is 0 Å². The molecule has 0 saturated heterocycles. The van der Waals surface area contributed by atoms with Crippen LogP contribution in [0.2, 0.25) is 0 Å². The molecule has 0 aliphatic rings. The summed E-state index contributed by atoms with van der Waals surface area (Å²) in [7, 11) is 0. The van der Waals surface area contributed by atoms with Crippen LogP contribution in [-0.4, -0.2) is 17.3 Å². The molecule has 0 saturated carbocycles. The number of rotatable bonds is 7. The van der Waals surface area contributed by atoms with E-state index in [-0.39, 0.29) is 0 Å². The Hall–Kier alpha value is 0.0500. The van der Waals surface area contributed by atoms with Crippen LogP contribution in [0.4, 0.5) is 0 Å². The van der Waals surface area contributed by atoms with Gasteiger partial charge in [0.05, 0.1) is 0 Å². The maximum atomic E-state index is 3.62. The van der Waals surface area contributed by atoms with Crippen LogP contribution < -0.4 is 0 Å². The quantitative estimate of drug-likeness (QED) is 0.529. The summed E-state index contributed by atoms with van der Waals surface area (Å²) in [6, 6.07) is 10.8. The number of benzene rings is 1. The minimum atomic E-state index is 0.791. The van der Waals surface area contributed by atoms with Crippen molar-refractivity contribution in [3.05, 3.63) is 35.9 Å². The second-order valence-corrected chi connectivity index (χ2v) is 5.48. The molecule has 15 heavy (non-hydrogen) atoms. The smallest absolute Gasteiger partial charge is 0.00628 e. The highest BCUT2D eigenvalue weighted by Gasteiger charge is 2.07. The van der Waals surface area contributed by atoms with E-state index in [0.29, 0.717) is 0 Å². The van der Waals surface area contributed by atoms with E-state index in [1.54, 1.807) is 0 Å². The van der Waals surface area contributed by atoms with Crippen molar-refractivity contribution in [2.75, 3.05) is 17.3 Å². The van der Waals surface area contributed by atoms with E-state index in [0.717, 1.165) is 11.2 Å². The molecule has 0 amide bonds. The van der Waals surface area contributed by atoms with Crippen LogP contribution in [0.25, 0.3) is 0 Å². The van der Waals surface area contributed by atoms with Gasteiger partial charge in [0.2, 0.25) is 0 Å². The first kappa shape index (κ1) is 13.1. The van der Waals surface area contributed by atoms with Gasteiger partial charge in [-0.2, -0.15) is 11.8 Å². The van der Waals surface area contributed by atoms with E-state index in [9.17, 15) is 0 Å². The van der Waals surface area contributed by atoms with Gasteiger partial charge in [-0.3, -0.25) is 0 Å². The Balaban J connectivity index is 2.33. The van der Waals surface area contributed by atoms with Crippen molar-refractivity contribution in [3.63, 3.8) is 0 Å². The van der Waals surface area contributed by atoms with Gasteiger partial charge < -0.3 is 0 Å². The third-order valence-electron chi connectivity index (χ3n) is 2.55. The van der Waals surface area contributed by atoms with Crippen molar-refractivity contribution >= 4 is 27.7 Å². The topological polar surface area (TPSA) is 0 Å². The Labute approximate surface area is 106 Å². The van der Waals surface area contributed by atoms with Crippen molar-refractivity contribution in [1.82, 2.24) is 0 Å². The van der Waals surface area contributed by atoms with E-state index in [2.05, 4.69) is 52.5 Å². The lowest BCUT2D eigenvalue weighted by molar-refractivity contribution is 0.537. The minimum Gasteiger partial charge on any atom is -0.165 e. The van der Waals surface area contributed by atoms with Crippen LogP contribution in [0.1, 0.15) is 18.4 Å². The molecule has 0 bridgehead atoms. The number of halogens is 1. The summed E-state index contributed by atoms with van der Waals surface area (Å²) in [5.74, 6) is 2.08. The Bertz CT molecular complexity index is 248.